The molecule has 11 heavy (non-hydrogen) atoms. The van der Waals surface area contributed by atoms with Crippen molar-refractivity contribution in [2.24, 2.45) is 0 Å². The highest BCUT2D eigenvalue weighted by atomic mass is 19.4. The van der Waals surface area contributed by atoms with Gasteiger partial charge in [-0.05, 0) is 32.9 Å². The number of hydrogen-bond donors (Lipinski definition) is 0. The minimum Gasteiger partial charge on any atom is -0.292 e. The quantitative estimate of drug-likeness (QED) is 0.574. The first-order valence-corrected chi connectivity index (χ1v) is 3.65. The minimum atomic E-state index is -4.16. The molecule has 0 aromatic carbocycles. The zero-order chi connectivity index (χ0) is 8.48. The smallest absolute Gasteiger partial charge is 0.292 e. The average molecular weight is 166 g/mol. The van der Waals surface area contributed by atoms with Gasteiger partial charge < -0.3 is 0 Å². The standard InChI is InChI=1S/C7H11F3N/c1-6(7(8,9)10)11-4-2-3-5-11/h6H,1-5H2. The lowest BCUT2D eigenvalue weighted by Gasteiger charge is -2.25. The van der Waals surface area contributed by atoms with Crippen LogP contribution in [0.1, 0.15) is 12.8 Å². The predicted octanol–water partition coefficient (Wildman–Crippen LogP) is 1.85. The third kappa shape index (κ3) is 2.09. The lowest BCUT2D eigenvalue weighted by molar-refractivity contribution is -0.168. The van der Waals surface area contributed by atoms with Gasteiger partial charge in [0.2, 0.25) is 0 Å². The Hall–Kier alpha value is -0.250. The average Bonchev–Trinajstić information content (AvgIpc) is 2.34. The topological polar surface area (TPSA) is 3.24 Å². The summed E-state index contributed by atoms with van der Waals surface area (Å²) in [4.78, 5) is 1.38. The molecule has 1 heterocycles. The summed E-state index contributed by atoms with van der Waals surface area (Å²) in [5, 5.41) is 0. The number of halogens is 3. The van der Waals surface area contributed by atoms with Gasteiger partial charge in [-0.25, -0.2) is 0 Å². The summed E-state index contributed by atoms with van der Waals surface area (Å²) in [5.41, 5.74) is 0. The Labute approximate surface area is 64.2 Å². The summed E-state index contributed by atoms with van der Waals surface area (Å²) >= 11 is 0. The molecule has 0 aliphatic carbocycles. The van der Waals surface area contributed by atoms with Gasteiger partial charge in [0, 0.05) is 0 Å². The largest absolute Gasteiger partial charge is 0.404 e. The van der Waals surface area contributed by atoms with E-state index >= 15 is 0 Å². The van der Waals surface area contributed by atoms with E-state index in [-0.39, 0.29) is 0 Å². The van der Waals surface area contributed by atoms with Gasteiger partial charge in [-0.15, -0.1) is 0 Å². The molecule has 1 rings (SSSR count). The molecule has 0 spiro atoms. The minimum absolute atomic E-state index is 0.535. The molecule has 0 aromatic heterocycles. The number of hydrogen-bond acceptors (Lipinski definition) is 1. The molecule has 4 heteroatoms. The first kappa shape index (κ1) is 8.84. The number of likely N-dealkylation sites (tertiary alicyclic amines) is 1. The Morgan fingerprint density at radius 1 is 1.18 bits per heavy atom. The fourth-order valence-corrected chi connectivity index (χ4v) is 1.26. The highest BCUT2D eigenvalue weighted by molar-refractivity contribution is 4.83. The van der Waals surface area contributed by atoms with E-state index in [1.54, 1.807) is 0 Å². The van der Waals surface area contributed by atoms with Crippen LogP contribution in [0.4, 0.5) is 13.2 Å². The van der Waals surface area contributed by atoms with E-state index in [2.05, 4.69) is 6.92 Å². The first-order chi connectivity index (χ1) is 5.02. The Balaban J connectivity index is 2.46. The van der Waals surface area contributed by atoms with Crippen molar-refractivity contribution < 1.29 is 13.2 Å². The fourth-order valence-electron chi connectivity index (χ4n) is 1.26. The van der Waals surface area contributed by atoms with E-state index in [4.69, 9.17) is 0 Å². The van der Waals surface area contributed by atoms with E-state index < -0.39 is 12.2 Å². The molecule has 1 nitrogen and oxygen atoms in total. The van der Waals surface area contributed by atoms with Crippen LogP contribution in [0.25, 0.3) is 0 Å². The molecule has 1 aliphatic rings. The molecule has 1 fully saturated rings. The van der Waals surface area contributed by atoms with E-state index in [0.29, 0.717) is 13.1 Å². The van der Waals surface area contributed by atoms with Gasteiger partial charge >= 0.3 is 6.18 Å². The molecule has 0 aromatic rings. The van der Waals surface area contributed by atoms with Crippen molar-refractivity contribution in [3.8, 4) is 0 Å². The van der Waals surface area contributed by atoms with Gasteiger partial charge in [0.05, 0.1) is 0 Å². The van der Waals surface area contributed by atoms with E-state index in [9.17, 15) is 13.2 Å². The summed E-state index contributed by atoms with van der Waals surface area (Å²) in [7, 11) is 0. The zero-order valence-electron chi connectivity index (χ0n) is 6.19. The van der Waals surface area contributed by atoms with Crippen molar-refractivity contribution >= 4 is 0 Å². The molecule has 1 aliphatic heterocycles. The molecule has 1 unspecified atom stereocenters. The lowest BCUT2D eigenvalue weighted by Crippen LogP contribution is -2.41. The maximum absolute atomic E-state index is 12.0. The van der Waals surface area contributed by atoms with Gasteiger partial charge in [-0.3, -0.25) is 4.90 Å². The molecule has 0 N–H and O–H groups in total. The summed E-state index contributed by atoms with van der Waals surface area (Å²) in [6.45, 7) is 4.16. The van der Waals surface area contributed by atoms with E-state index in [0.717, 1.165) is 12.8 Å². The number of alkyl halides is 3. The normalized spacial score (nSPS) is 24.0. The van der Waals surface area contributed by atoms with Crippen molar-refractivity contribution in [3.05, 3.63) is 6.92 Å². The van der Waals surface area contributed by atoms with Crippen LogP contribution < -0.4 is 0 Å². The molecule has 1 atom stereocenters. The Bertz CT molecular complexity index is 126. The zero-order valence-corrected chi connectivity index (χ0v) is 6.19. The molecule has 0 saturated carbocycles. The van der Waals surface area contributed by atoms with Gasteiger partial charge in [0.25, 0.3) is 0 Å². The first-order valence-electron chi connectivity index (χ1n) is 3.65. The molecule has 0 amide bonds. The van der Waals surface area contributed by atoms with Crippen LogP contribution in [0.15, 0.2) is 0 Å². The molecular formula is C7H11F3N. The Morgan fingerprint density at radius 3 is 2.00 bits per heavy atom. The van der Waals surface area contributed by atoms with Crippen molar-refractivity contribution in [2.75, 3.05) is 13.1 Å². The van der Waals surface area contributed by atoms with E-state index in [1.807, 2.05) is 0 Å². The second kappa shape index (κ2) is 3.01. The Kier molecular flexibility index (Phi) is 2.42. The second-order valence-corrected chi connectivity index (χ2v) is 2.80. The summed E-state index contributed by atoms with van der Waals surface area (Å²) in [5.74, 6) is 0. The molecular weight excluding hydrogens is 155 g/mol. The van der Waals surface area contributed by atoms with Crippen LogP contribution >= 0.6 is 0 Å². The van der Waals surface area contributed by atoms with Crippen molar-refractivity contribution in [1.29, 1.82) is 0 Å². The summed E-state index contributed by atoms with van der Waals surface area (Å²) < 4.78 is 36.0. The number of nitrogens with zero attached hydrogens (tertiary/aromatic N) is 1. The third-order valence-electron chi connectivity index (χ3n) is 1.96. The van der Waals surface area contributed by atoms with Crippen LogP contribution in [-0.4, -0.2) is 30.2 Å². The van der Waals surface area contributed by atoms with Crippen LogP contribution in [0, 0.1) is 6.92 Å². The molecule has 65 valence electrons. The van der Waals surface area contributed by atoms with Crippen molar-refractivity contribution in [3.63, 3.8) is 0 Å². The highest BCUT2D eigenvalue weighted by Gasteiger charge is 2.40. The van der Waals surface area contributed by atoms with Crippen molar-refractivity contribution in [1.82, 2.24) is 4.90 Å². The molecule has 0 bridgehead atoms. The number of rotatable bonds is 1. The fraction of sp³-hybridized carbons (Fsp3) is 0.857. The van der Waals surface area contributed by atoms with Gasteiger partial charge in [0.15, 0.2) is 0 Å². The molecule has 1 radical (unpaired) electrons. The highest BCUT2D eigenvalue weighted by Crippen LogP contribution is 2.26. The van der Waals surface area contributed by atoms with Crippen LogP contribution in [0.3, 0.4) is 0 Å². The SMILES string of the molecule is [CH2]C(N1CCCC1)C(F)(F)F. The van der Waals surface area contributed by atoms with Crippen molar-refractivity contribution in [2.45, 2.75) is 25.1 Å². The van der Waals surface area contributed by atoms with Gasteiger partial charge in [-0.2, -0.15) is 13.2 Å². The maximum Gasteiger partial charge on any atom is 0.404 e. The van der Waals surface area contributed by atoms with E-state index in [1.165, 1.54) is 4.90 Å². The van der Waals surface area contributed by atoms with Gasteiger partial charge in [-0.1, -0.05) is 0 Å². The lowest BCUT2D eigenvalue weighted by atomic mass is 10.3. The second-order valence-electron chi connectivity index (χ2n) is 2.80. The summed E-state index contributed by atoms with van der Waals surface area (Å²) in [6.07, 6.45) is -2.44. The predicted molar refractivity (Wildman–Crippen MR) is 36.0 cm³/mol. The van der Waals surface area contributed by atoms with Crippen LogP contribution in [0.2, 0.25) is 0 Å². The monoisotopic (exact) mass is 166 g/mol. The molecule has 1 saturated heterocycles. The third-order valence-corrected chi connectivity index (χ3v) is 1.96. The van der Waals surface area contributed by atoms with Gasteiger partial charge in [0.1, 0.15) is 6.04 Å². The van der Waals surface area contributed by atoms with Crippen LogP contribution in [-0.2, 0) is 0 Å². The van der Waals surface area contributed by atoms with Crippen LogP contribution in [0.5, 0.6) is 0 Å². The summed E-state index contributed by atoms with van der Waals surface area (Å²) in [6, 6.07) is -1.51. The Morgan fingerprint density at radius 2 is 1.64 bits per heavy atom. The maximum atomic E-state index is 12.0.